The van der Waals surface area contributed by atoms with Gasteiger partial charge in [-0.15, -0.1) is 0 Å². The predicted octanol–water partition coefficient (Wildman–Crippen LogP) is 2.69. The van der Waals surface area contributed by atoms with Crippen molar-refractivity contribution in [2.45, 2.75) is 57.4 Å². The van der Waals surface area contributed by atoms with Gasteiger partial charge in [0, 0.05) is 39.3 Å². The van der Waals surface area contributed by atoms with Crippen LogP contribution in [0.3, 0.4) is 0 Å². The maximum Gasteiger partial charge on any atom is 0.320 e. The Morgan fingerprint density at radius 1 is 0.871 bits per heavy atom. The van der Waals surface area contributed by atoms with Crippen LogP contribution in [0.5, 0.6) is 0 Å². The minimum Gasteiger partial charge on any atom is -0.378 e. The summed E-state index contributed by atoms with van der Waals surface area (Å²) in [5, 5.41) is 3.30. The molecule has 4 fully saturated rings. The van der Waals surface area contributed by atoms with E-state index in [1.807, 2.05) is 21.7 Å². The van der Waals surface area contributed by atoms with Crippen LogP contribution in [-0.4, -0.2) is 92.5 Å². The molecule has 8 heteroatoms. The standard InChI is InChI=1S/C23H39N4O4/c1-25(23(29)27-12-16-31-17-13-27)19-8-6-18(7-9-19)20-4-2-3-5-21(20)24-22(28)26-10-14-30-15-11-26/h18-20H,2-17H2,1H3,(H,24,28)/t18?,19?,20-/m1/s1. The number of carbonyl (C=O) groups excluding carboxylic acids is 2. The summed E-state index contributed by atoms with van der Waals surface area (Å²) in [4.78, 5) is 31.3. The van der Waals surface area contributed by atoms with Crippen molar-refractivity contribution in [2.24, 2.45) is 11.8 Å². The third-order valence-corrected chi connectivity index (χ3v) is 7.67. The molecule has 4 rings (SSSR count). The van der Waals surface area contributed by atoms with Crippen LogP contribution in [0.1, 0.15) is 51.4 Å². The number of hydrogen-bond donors (Lipinski definition) is 1. The fraction of sp³-hybridized carbons (Fsp3) is 0.870. The van der Waals surface area contributed by atoms with E-state index in [0.29, 0.717) is 70.5 Å². The lowest BCUT2D eigenvalue weighted by Gasteiger charge is -2.43. The van der Waals surface area contributed by atoms with Gasteiger partial charge in [0.15, 0.2) is 0 Å². The van der Waals surface area contributed by atoms with Gasteiger partial charge in [-0.1, -0.05) is 12.8 Å². The van der Waals surface area contributed by atoms with Gasteiger partial charge in [-0.2, -0.15) is 0 Å². The zero-order valence-corrected chi connectivity index (χ0v) is 19.0. The second kappa shape index (κ2) is 10.9. The van der Waals surface area contributed by atoms with Gasteiger partial charge in [-0.05, 0) is 50.4 Å². The number of nitrogens with zero attached hydrogens (tertiary/aromatic N) is 3. The first-order valence-corrected chi connectivity index (χ1v) is 12.2. The molecule has 2 heterocycles. The highest BCUT2D eigenvalue weighted by atomic mass is 16.5. The van der Waals surface area contributed by atoms with Gasteiger partial charge in [-0.3, -0.25) is 0 Å². The van der Waals surface area contributed by atoms with Crippen molar-refractivity contribution in [1.82, 2.24) is 20.0 Å². The van der Waals surface area contributed by atoms with Crippen LogP contribution >= 0.6 is 0 Å². The Morgan fingerprint density at radius 3 is 2.13 bits per heavy atom. The normalized spacial score (nSPS) is 30.7. The summed E-state index contributed by atoms with van der Waals surface area (Å²) in [6.07, 6.45) is 8.97. The Morgan fingerprint density at radius 2 is 1.48 bits per heavy atom. The topological polar surface area (TPSA) is 74.4 Å². The highest BCUT2D eigenvalue weighted by Crippen LogP contribution is 2.42. The Kier molecular flexibility index (Phi) is 7.93. The molecule has 1 radical (unpaired) electrons. The highest BCUT2D eigenvalue weighted by molar-refractivity contribution is 5.76. The van der Waals surface area contributed by atoms with Crippen LogP contribution in [0.15, 0.2) is 0 Å². The summed E-state index contributed by atoms with van der Waals surface area (Å²) in [7, 11) is 1.96. The Bertz CT molecular complexity index is 598. The molecular formula is C23H39N4O4. The zero-order valence-electron chi connectivity index (χ0n) is 19.0. The number of amides is 4. The van der Waals surface area contributed by atoms with Gasteiger partial charge in [0.25, 0.3) is 0 Å². The first-order valence-electron chi connectivity index (χ1n) is 12.2. The minimum absolute atomic E-state index is 0.0507. The first-order chi connectivity index (χ1) is 15.1. The lowest BCUT2D eigenvalue weighted by Crippen LogP contribution is -2.51. The molecule has 0 aromatic heterocycles. The molecule has 0 aromatic carbocycles. The largest absolute Gasteiger partial charge is 0.378 e. The third-order valence-electron chi connectivity index (χ3n) is 7.67. The van der Waals surface area contributed by atoms with Crippen molar-refractivity contribution in [1.29, 1.82) is 0 Å². The highest BCUT2D eigenvalue weighted by Gasteiger charge is 2.38. The number of urea groups is 2. The molecule has 0 aromatic rings. The van der Waals surface area contributed by atoms with E-state index in [-0.39, 0.29) is 12.1 Å². The molecule has 1 N–H and O–H groups in total. The lowest BCUT2D eigenvalue weighted by atomic mass is 9.70. The van der Waals surface area contributed by atoms with E-state index in [1.165, 1.54) is 25.3 Å². The van der Waals surface area contributed by atoms with E-state index in [2.05, 4.69) is 5.32 Å². The van der Waals surface area contributed by atoms with Crippen molar-refractivity contribution < 1.29 is 19.1 Å². The van der Waals surface area contributed by atoms with Crippen LogP contribution in [0.25, 0.3) is 0 Å². The summed E-state index contributed by atoms with van der Waals surface area (Å²) in [5.41, 5.74) is 0. The van der Waals surface area contributed by atoms with E-state index < -0.39 is 0 Å². The maximum atomic E-state index is 12.8. The predicted molar refractivity (Wildman–Crippen MR) is 117 cm³/mol. The summed E-state index contributed by atoms with van der Waals surface area (Å²) in [6.45, 7) is 5.30. The number of carbonyl (C=O) groups is 2. The number of rotatable bonds is 3. The van der Waals surface area contributed by atoms with Crippen LogP contribution in [0, 0.1) is 17.9 Å². The molecule has 4 amide bonds. The summed E-state index contributed by atoms with van der Waals surface area (Å²) in [6, 6.07) is 1.77. The smallest absolute Gasteiger partial charge is 0.320 e. The van der Waals surface area contributed by atoms with Crippen molar-refractivity contribution in [3.63, 3.8) is 0 Å². The SMILES string of the molecule is CN(C(=O)N1CCOCC1)C1CCC([C@H]2CCCC[C]2NC(=O)N2CCOCC2)CC1. The van der Waals surface area contributed by atoms with Gasteiger partial charge >= 0.3 is 12.1 Å². The van der Waals surface area contributed by atoms with Crippen LogP contribution < -0.4 is 5.32 Å². The van der Waals surface area contributed by atoms with E-state index in [1.54, 1.807) is 0 Å². The van der Waals surface area contributed by atoms with Crippen molar-refractivity contribution in [3.05, 3.63) is 6.04 Å². The van der Waals surface area contributed by atoms with Crippen molar-refractivity contribution >= 4 is 12.1 Å². The van der Waals surface area contributed by atoms with Crippen molar-refractivity contribution in [3.8, 4) is 0 Å². The molecule has 31 heavy (non-hydrogen) atoms. The molecule has 0 spiro atoms. The van der Waals surface area contributed by atoms with Crippen LogP contribution in [0.2, 0.25) is 0 Å². The second-order valence-electron chi connectivity index (χ2n) is 9.47. The molecule has 2 saturated carbocycles. The summed E-state index contributed by atoms with van der Waals surface area (Å²) < 4.78 is 10.8. The van der Waals surface area contributed by atoms with Gasteiger partial charge in [0.05, 0.1) is 32.5 Å². The molecule has 2 aliphatic heterocycles. The van der Waals surface area contributed by atoms with Gasteiger partial charge in [0.2, 0.25) is 0 Å². The minimum atomic E-state index is 0.0507. The molecule has 175 valence electrons. The maximum absolute atomic E-state index is 12.8. The third kappa shape index (κ3) is 5.64. The molecule has 2 saturated heterocycles. The molecule has 8 nitrogen and oxygen atoms in total. The summed E-state index contributed by atoms with van der Waals surface area (Å²) >= 11 is 0. The Hall–Kier alpha value is -1.54. The van der Waals surface area contributed by atoms with Crippen molar-refractivity contribution in [2.75, 3.05) is 59.7 Å². The van der Waals surface area contributed by atoms with Gasteiger partial charge in [-0.25, -0.2) is 9.59 Å². The van der Waals surface area contributed by atoms with Crippen LogP contribution in [0.4, 0.5) is 9.59 Å². The molecule has 4 aliphatic rings. The zero-order chi connectivity index (χ0) is 21.6. The Balaban J connectivity index is 1.28. The quantitative estimate of drug-likeness (QED) is 0.740. The average molecular weight is 436 g/mol. The number of morpholine rings is 2. The van der Waals surface area contributed by atoms with E-state index >= 15 is 0 Å². The molecule has 0 unspecified atom stereocenters. The number of nitrogens with one attached hydrogen (secondary N) is 1. The number of hydrogen-bond acceptors (Lipinski definition) is 4. The van der Waals surface area contributed by atoms with Crippen LogP contribution in [-0.2, 0) is 9.47 Å². The number of ether oxygens (including phenoxy) is 2. The average Bonchev–Trinajstić information content (AvgIpc) is 2.84. The lowest BCUT2D eigenvalue weighted by molar-refractivity contribution is 0.0381. The fourth-order valence-corrected chi connectivity index (χ4v) is 5.72. The summed E-state index contributed by atoms with van der Waals surface area (Å²) in [5.74, 6) is 1.10. The fourth-order valence-electron chi connectivity index (χ4n) is 5.72. The van der Waals surface area contributed by atoms with E-state index in [4.69, 9.17) is 9.47 Å². The van der Waals surface area contributed by atoms with Gasteiger partial charge < -0.3 is 29.5 Å². The molecule has 1 atom stereocenters. The van der Waals surface area contributed by atoms with E-state index in [9.17, 15) is 9.59 Å². The monoisotopic (exact) mass is 435 g/mol. The molecule has 0 bridgehead atoms. The second-order valence-corrected chi connectivity index (χ2v) is 9.47. The molecule has 2 aliphatic carbocycles. The first kappa shape index (κ1) is 22.6. The van der Waals surface area contributed by atoms with Gasteiger partial charge in [0.1, 0.15) is 0 Å². The van der Waals surface area contributed by atoms with E-state index in [0.717, 1.165) is 32.1 Å². The Labute approximate surface area is 186 Å². The molecular weight excluding hydrogens is 396 g/mol.